The summed E-state index contributed by atoms with van der Waals surface area (Å²) in [5.41, 5.74) is 3.92. The first-order valence-corrected chi connectivity index (χ1v) is 8.29. The van der Waals surface area contributed by atoms with Gasteiger partial charge in [-0.2, -0.15) is 0 Å². The Balaban J connectivity index is 2.10. The van der Waals surface area contributed by atoms with Crippen molar-refractivity contribution >= 4 is 11.6 Å². The summed E-state index contributed by atoms with van der Waals surface area (Å²) in [5, 5.41) is 2.98. The van der Waals surface area contributed by atoms with Gasteiger partial charge in [-0.05, 0) is 62.6 Å². The van der Waals surface area contributed by atoms with E-state index in [9.17, 15) is 4.79 Å². The van der Waals surface area contributed by atoms with Gasteiger partial charge in [0.2, 0.25) is 5.91 Å². The van der Waals surface area contributed by atoms with Crippen LogP contribution in [0.3, 0.4) is 0 Å². The van der Waals surface area contributed by atoms with Crippen molar-refractivity contribution < 1.29 is 14.3 Å². The van der Waals surface area contributed by atoms with Gasteiger partial charge >= 0.3 is 0 Å². The molecule has 0 aliphatic rings. The van der Waals surface area contributed by atoms with Crippen molar-refractivity contribution in [2.45, 2.75) is 34.1 Å². The molecule has 2 rings (SSSR count). The number of anilines is 1. The molecule has 0 saturated carbocycles. The summed E-state index contributed by atoms with van der Waals surface area (Å²) in [6, 6.07) is 11.7. The highest BCUT2D eigenvalue weighted by atomic mass is 16.5. The molecule has 24 heavy (non-hydrogen) atoms. The summed E-state index contributed by atoms with van der Waals surface area (Å²) < 4.78 is 11.2. The van der Waals surface area contributed by atoms with Crippen LogP contribution in [-0.2, 0) is 11.2 Å². The predicted octanol–water partition coefficient (Wildman–Crippen LogP) is 4.28. The normalized spacial score (nSPS) is 10.3. The van der Waals surface area contributed by atoms with Crippen molar-refractivity contribution in [1.29, 1.82) is 0 Å². The molecule has 4 heteroatoms. The molecule has 2 aromatic carbocycles. The number of carbonyl (C=O) groups excluding carboxylic acids is 1. The van der Waals surface area contributed by atoms with Crippen LogP contribution in [0, 0.1) is 13.8 Å². The highest BCUT2D eigenvalue weighted by Gasteiger charge is 2.10. The number of ether oxygens (including phenoxy) is 2. The summed E-state index contributed by atoms with van der Waals surface area (Å²) in [5.74, 6) is 1.34. The minimum absolute atomic E-state index is 0.0460. The molecule has 0 aliphatic carbocycles. The zero-order valence-electron chi connectivity index (χ0n) is 14.8. The highest BCUT2D eigenvalue weighted by Crippen LogP contribution is 2.29. The lowest BCUT2D eigenvalue weighted by molar-refractivity contribution is -0.115. The average Bonchev–Trinajstić information content (AvgIpc) is 2.54. The zero-order chi connectivity index (χ0) is 17.5. The van der Waals surface area contributed by atoms with Gasteiger partial charge in [-0.15, -0.1) is 0 Å². The number of carbonyl (C=O) groups is 1. The quantitative estimate of drug-likeness (QED) is 0.825. The first-order valence-electron chi connectivity index (χ1n) is 8.29. The Bertz CT molecular complexity index is 710. The Morgan fingerprint density at radius 3 is 2.38 bits per heavy atom. The Labute approximate surface area is 143 Å². The van der Waals surface area contributed by atoms with Gasteiger partial charge in [-0.25, -0.2) is 0 Å². The second-order valence-corrected chi connectivity index (χ2v) is 5.69. The van der Waals surface area contributed by atoms with Crippen molar-refractivity contribution in [3.8, 4) is 11.5 Å². The maximum Gasteiger partial charge on any atom is 0.228 e. The molecule has 1 amide bonds. The third kappa shape index (κ3) is 4.75. The number of amides is 1. The molecule has 1 N–H and O–H groups in total. The number of hydrogen-bond donors (Lipinski definition) is 1. The first kappa shape index (κ1) is 17.9. The fourth-order valence-electron chi connectivity index (χ4n) is 2.46. The molecule has 0 aromatic heterocycles. The molecule has 0 bridgehead atoms. The van der Waals surface area contributed by atoms with Crippen LogP contribution in [0.1, 0.15) is 30.5 Å². The van der Waals surface area contributed by atoms with Crippen molar-refractivity contribution in [3.63, 3.8) is 0 Å². The maximum atomic E-state index is 12.3. The molecule has 0 spiro atoms. The van der Waals surface area contributed by atoms with E-state index in [-0.39, 0.29) is 5.91 Å². The van der Waals surface area contributed by atoms with E-state index >= 15 is 0 Å². The Hall–Kier alpha value is -2.49. The molecule has 2 aromatic rings. The van der Waals surface area contributed by atoms with Gasteiger partial charge in [0, 0.05) is 5.69 Å². The number of hydrogen-bond acceptors (Lipinski definition) is 3. The van der Waals surface area contributed by atoms with Crippen LogP contribution in [0.25, 0.3) is 0 Å². The fraction of sp³-hybridized carbons (Fsp3) is 0.350. The number of aryl methyl sites for hydroxylation is 2. The van der Waals surface area contributed by atoms with Gasteiger partial charge in [0.1, 0.15) is 0 Å². The van der Waals surface area contributed by atoms with E-state index in [2.05, 4.69) is 5.32 Å². The second kappa shape index (κ2) is 8.39. The molecule has 0 saturated heterocycles. The van der Waals surface area contributed by atoms with Crippen LogP contribution in [-0.4, -0.2) is 19.1 Å². The predicted molar refractivity (Wildman–Crippen MR) is 97.0 cm³/mol. The number of nitrogens with one attached hydrogen (secondary N) is 1. The average molecular weight is 327 g/mol. The van der Waals surface area contributed by atoms with E-state index in [0.29, 0.717) is 31.1 Å². The van der Waals surface area contributed by atoms with Gasteiger partial charge < -0.3 is 14.8 Å². The summed E-state index contributed by atoms with van der Waals surface area (Å²) in [4.78, 5) is 12.3. The van der Waals surface area contributed by atoms with Crippen molar-refractivity contribution in [2.24, 2.45) is 0 Å². The minimum Gasteiger partial charge on any atom is -0.490 e. The minimum atomic E-state index is -0.0460. The third-order valence-corrected chi connectivity index (χ3v) is 3.64. The smallest absolute Gasteiger partial charge is 0.228 e. The van der Waals surface area contributed by atoms with E-state index in [1.807, 2.05) is 64.1 Å². The fourth-order valence-corrected chi connectivity index (χ4v) is 2.46. The number of benzene rings is 2. The number of rotatable bonds is 7. The molecule has 128 valence electrons. The maximum absolute atomic E-state index is 12.3. The van der Waals surface area contributed by atoms with Gasteiger partial charge in [-0.3, -0.25) is 4.79 Å². The summed E-state index contributed by atoms with van der Waals surface area (Å²) in [7, 11) is 0. The summed E-state index contributed by atoms with van der Waals surface area (Å²) in [6.45, 7) is 8.98. The lowest BCUT2D eigenvalue weighted by Crippen LogP contribution is -2.15. The van der Waals surface area contributed by atoms with Crippen molar-refractivity contribution in [3.05, 3.63) is 53.1 Å². The van der Waals surface area contributed by atoms with Crippen LogP contribution in [0.2, 0.25) is 0 Å². The second-order valence-electron chi connectivity index (χ2n) is 5.69. The molecular formula is C20H25NO3. The van der Waals surface area contributed by atoms with Gasteiger partial charge in [0.05, 0.1) is 19.6 Å². The van der Waals surface area contributed by atoms with Crippen LogP contribution in [0.5, 0.6) is 11.5 Å². The SMILES string of the molecule is CCOc1ccc(CC(=O)Nc2cc(C)ccc2C)cc1OCC. The van der Waals surface area contributed by atoms with Crippen molar-refractivity contribution in [2.75, 3.05) is 18.5 Å². The zero-order valence-corrected chi connectivity index (χ0v) is 14.8. The Kier molecular flexibility index (Phi) is 6.24. The molecule has 0 unspecified atom stereocenters. The van der Waals surface area contributed by atoms with Gasteiger partial charge in [-0.1, -0.05) is 18.2 Å². The Morgan fingerprint density at radius 1 is 0.958 bits per heavy atom. The van der Waals surface area contributed by atoms with Crippen LogP contribution < -0.4 is 14.8 Å². The standard InChI is InChI=1S/C20H25NO3/c1-5-23-18-10-9-16(12-19(18)24-6-2)13-20(22)21-17-11-14(3)7-8-15(17)4/h7-12H,5-6,13H2,1-4H3,(H,21,22). The largest absolute Gasteiger partial charge is 0.490 e. The molecule has 0 aliphatic heterocycles. The molecule has 0 fully saturated rings. The van der Waals surface area contributed by atoms with Gasteiger partial charge in [0.15, 0.2) is 11.5 Å². The summed E-state index contributed by atoms with van der Waals surface area (Å²) >= 11 is 0. The monoisotopic (exact) mass is 327 g/mol. The molecule has 0 atom stereocenters. The molecular weight excluding hydrogens is 302 g/mol. The van der Waals surface area contributed by atoms with E-state index in [1.54, 1.807) is 0 Å². The van der Waals surface area contributed by atoms with Gasteiger partial charge in [0.25, 0.3) is 0 Å². The van der Waals surface area contributed by atoms with Crippen LogP contribution in [0.4, 0.5) is 5.69 Å². The van der Waals surface area contributed by atoms with E-state index in [1.165, 1.54) is 0 Å². The van der Waals surface area contributed by atoms with E-state index < -0.39 is 0 Å². The Morgan fingerprint density at radius 2 is 1.67 bits per heavy atom. The van der Waals surface area contributed by atoms with Crippen LogP contribution in [0.15, 0.2) is 36.4 Å². The van der Waals surface area contributed by atoms with E-state index in [0.717, 1.165) is 22.4 Å². The lowest BCUT2D eigenvalue weighted by atomic mass is 10.1. The molecule has 4 nitrogen and oxygen atoms in total. The van der Waals surface area contributed by atoms with Crippen LogP contribution >= 0.6 is 0 Å². The first-order chi connectivity index (χ1) is 11.5. The molecule has 0 radical (unpaired) electrons. The summed E-state index contributed by atoms with van der Waals surface area (Å²) in [6.07, 6.45) is 0.292. The lowest BCUT2D eigenvalue weighted by Gasteiger charge is -2.13. The van der Waals surface area contributed by atoms with E-state index in [4.69, 9.17) is 9.47 Å². The topological polar surface area (TPSA) is 47.6 Å². The third-order valence-electron chi connectivity index (χ3n) is 3.64. The van der Waals surface area contributed by atoms with Crippen molar-refractivity contribution in [1.82, 2.24) is 0 Å². The highest BCUT2D eigenvalue weighted by molar-refractivity contribution is 5.93. The molecule has 0 heterocycles.